The SMILES string of the molecule is CCNC(=O)[C@H]1CC[C@@H](N2NNC=C2c2ccc(-c3nc4ccccc4o3)cc2)C1. The molecule has 0 unspecified atom stereocenters. The van der Waals surface area contributed by atoms with Gasteiger partial charge in [-0.3, -0.25) is 9.80 Å². The van der Waals surface area contributed by atoms with Crippen LogP contribution >= 0.6 is 0 Å². The third-order valence-corrected chi connectivity index (χ3v) is 5.87. The van der Waals surface area contributed by atoms with Gasteiger partial charge in [0.05, 0.1) is 5.70 Å². The first kappa shape index (κ1) is 18.7. The first-order valence-corrected chi connectivity index (χ1v) is 10.5. The van der Waals surface area contributed by atoms with Crippen molar-refractivity contribution in [1.82, 2.24) is 26.3 Å². The Balaban J connectivity index is 1.32. The second-order valence-corrected chi connectivity index (χ2v) is 7.78. The molecule has 1 aromatic heterocycles. The molecule has 0 saturated heterocycles. The molecule has 1 saturated carbocycles. The molecule has 2 aromatic carbocycles. The Morgan fingerprint density at radius 3 is 2.77 bits per heavy atom. The minimum absolute atomic E-state index is 0.0835. The van der Waals surface area contributed by atoms with Crippen molar-refractivity contribution in [3.8, 4) is 11.5 Å². The van der Waals surface area contributed by atoms with Crippen molar-refractivity contribution < 1.29 is 9.21 Å². The maximum absolute atomic E-state index is 12.2. The highest BCUT2D eigenvalue weighted by Crippen LogP contribution is 2.34. The minimum atomic E-state index is 0.0835. The molecule has 2 aliphatic rings. The van der Waals surface area contributed by atoms with Gasteiger partial charge in [-0.2, -0.15) is 0 Å². The first-order valence-electron chi connectivity index (χ1n) is 10.5. The molecule has 2 heterocycles. The average molecular weight is 403 g/mol. The number of fused-ring (bicyclic) bond motifs is 1. The molecule has 30 heavy (non-hydrogen) atoms. The maximum atomic E-state index is 12.2. The number of para-hydroxylation sites is 2. The molecular weight excluding hydrogens is 378 g/mol. The fourth-order valence-electron chi connectivity index (χ4n) is 4.34. The van der Waals surface area contributed by atoms with E-state index in [4.69, 9.17) is 4.42 Å². The molecule has 7 heteroatoms. The maximum Gasteiger partial charge on any atom is 0.227 e. The van der Waals surface area contributed by atoms with E-state index in [1.165, 1.54) is 0 Å². The van der Waals surface area contributed by atoms with Crippen molar-refractivity contribution in [2.45, 2.75) is 32.2 Å². The summed E-state index contributed by atoms with van der Waals surface area (Å²) >= 11 is 0. The van der Waals surface area contributed by atoms with Crippen LogP contribution in [0.25, 0.3) is 28.3 Å². The van der Waals surface area contributed by atoms with Crippen molar-refractivity contribution in [3.63, 3.8) is 0 Å². The summed E-state index contributed by atoms with van der Waals surface area (Å²) in [6, 6.07) is 16.3. The highest BCUT2D eigenvalue weighted by atomic mass is 16.3. The predicted molar refractivity (Wildman–Crippen MR) is 115 cm³/mol. The molecule has 0 bridgehead atoms. The van der Waals surface area contributed by atoms with Crippen LogP contribution in [0, 0.1) is 5.92 Å². The van der Waals surface area contributed by atoms with Gasteiger partial charge in [-0.25, -0.2) is 4.98 Å². The highest BCUT2D eigenvalue weighted by Gasteiger charge is 2.35. The lowest BCUT2D eigenvalue weighted by molar-refractivity contribution is -0.124. The number of nitrogens with one attached hydrogen (secondary N) is 3. The monoisotopic (exact) mass is 403 g/mol. The third-order valence-electron chi connectivity index (χ3n) is 5.87. The summed E-state index contributed by atoms with van der Waals surface area (Å²) in [5.41, 5.74) is 11.1. The molecular formula is C23H25N5O2. The number of hydrogen-bond acceptors (Lipinski definition) is 6. The summed E-state index contributed by atoms with van der Waals surface area (Å²) in [6.45, 7) is 2.64. The number of oxazole rings is 1. The molecule has 3 aromatic rings. The number of hydrogen-bond donors (Lipinski definition) is 3. The molecule has 1 aliphatic heterocycles. The summed E-state index contributed by atoms with van der Waals surface area (Å²) in [7, 11) is 0. The van der Waals surface area contributed by atoms with Crippen LogP contribution in [-0.4, -0.2) is 28.5 Å². The first-order chi connectivity index (χ1) is 14.7. The van der Waals surface area contributed by atoms with E-state index in [0.717, 1.165) is 47.2 Å². The molecule has 0 radical (unpaired) electrons. The van der Waals surface area contributed by atoms with Crippen molar-refractivity contribution in [2.24, 2.45) is 5.92 Å². The number of benzene rings is 2. The zero-order chi connectivity index (χ0) is 20.5. The molecule has 154 valence electrons. The van der Waals surface area contributed by atoms with E-state index in [2.05, 4.69) is 38.4 Å². The van der Waals surface area contributed by atoms with Crippen LogP contribution in [-0.2, 0) is 4.79 Å². The second kappa shape index (κ2) is 7.84. The molecule has 3 N–H and O–H groups in total. The molecule has 2 atom stereocenters. The number of nitrogens with zero attached hydrogens (tertiary/aromatic N) is 2. The lowest BCUT2D eigenvalue weighted by atomic mass is 10.1. The third kappa shape index (κ3) is 3.41. The molecule has 1 amide bonds. The zero-order valence-corrected chi connectivity index (χ0v) is 16.9. The summed E-state index contributed by atoms with van der Waals surface area (Å²) in [5.74, 6) is 0.873. The van der Waals surface area contributed by atoms with E-state index in [0.29, 0.717) is 12.4 Å². The van der Waals surface area contributed by atoms with Crippen molar-refractivity contribution in [2.75, 3.05) is 6.54 Å². The van der Waals surface area contributed by atoms with Crippen LogP contribution in [0.3, 0.4) is 0 Å². The topological polar surface area (TPSA) is 82.4 Å². The Morgan fingerprint density at radius 2 is 1.97 bits per heavy atom. The minimum Gasteiger partial charge on any atom is -0.436 e. The van der Waals surface area contributed by atoms with Crippen LogP contribution in [0.5, 0.6) is 0 Å². The standard InChI is InChI=1S/C23H25N5O2/c1-2-24-22(29)17-11-12-18(13-17)28-20(14-25-27-28)15-7-9-16(10-8-15)23-26-19-5-3-4-6-21(19)30-23/h3-10,14,17-18,25,27H,2,11-13H2,1H3,(H,24,29)/t17-,18+/m0/s1. The lowest BCUT2D eigenvalue weighted by Gasteiger charge is -2.28. The second-order valence-electron chi connectivity index (χ2n) is 7.78. The summed E-state index contributed by atoms with van der Waals surface area (Å²) < 4.78 is 5.88. The summed E-state index contributed by atoms with van der Waals surface area (Å²) in [5, 5.41) is 5.10. The Labute approximate surface area is 175 Å². The van der Waals surface area contributed by atoms with Crippen LogP contribution in [0.2, 0.25) is 0 Å². The Hall–Kier alpha value is -3.32. The van der Waals surface area contributed by atoms with Gasteiger partial charge in [-0.1, -0.05) is 24.3 Å². The fourth-order valence-corrected chi connectivity index (χ4v) is 4.34. The Morgan fingerprint density at radius 1 is 1.17 bits per heavy atom. The number of hydrazine groups is 2. The van der Waals surface area contributed by atoms with Gasteiger partial charge in [0.1, 0.15) is 5.52 Å². The van der Waals surface area contributed by atoms with E-state index < -0.39 is 0 Å². The fraction of sp³-hybridized carbons (Fsp3) is 0.304. The van der Waals surface area contributed by atoms with E-state index in [9.17, 15) is 4.79 Å². The van der Waals surface area contributed by atoms with Crippen molar-refractivity contribution in [3.05, 3.63) is 60.3 Å². The van der Waals surface area contributed by atoms with Crippen LogP contribution in [0.4, 0.5) is 0 Å². The Kier molecular flexibility index (Phi) is 4.88. The molecule has 0 spiro atoms. The highest BCUT2D eigenvalue weighted by molar-refractivity contribution is 5.79. The van der Waals surface area contributed by atoms with Crippen LogP contribution in [0.15, 0.2) is 59.1 Å². The van der Waals surface area contributed by atoms with E-state index in [-0.39, 0.29) is 17.9 Å². The van der Waals surface area contributed by atoms with Gasteiger partial charge < -0.3 is 15.2 Å². The molecule has 1 aliphatic carbocycles. The van der Waals surface area contributed by atoms with Crippen molar-refractivity contribution in [1.29, 1.82) is 0 Å². The predicted octanol–water partition coefficient (Wildman–Crippen LogP) is 3.42. The van der Waals surface area contributed by atoms with Gasteiger partial charge in [0, 0.05) is 35.8 Å². The Bertz CT molecular complexity index is 1060. The molecule has 7 nitrogen and oxygen atoms in total. The quantitative estimate of drug-likeness (QED) is 0.606. The lowest BCUT2D eigenvalue weighted by Crippen LogP contribution is -2.43. The van der Waals surface area contributed by atoms with E-state index in [1.54, 1.807) is 0 Å². The summed E-state index contributed by atoms with van der Waals surface area (Å²) in [4.78, 5) is 16.8. The number of rotatable bonds is 5. The van der Waals surface area contributed by atoms with Gasteiger partial charge in [0.25, 0.3) is 0 Å². The largest absolute Gasteiger partial charge is 0.436 e. The van der Waals surface area contributed by atoms with E-state index in [1.807, 2.05) is 49.5 Å². The smallest absolute Gasteiger partial charge is 0.227 e. The number of aromatic nitrogens is 1. The zero-order valence-electron chi connectivity index (χ0n) is 16.9. The van der Waals surface area contributed by atoms with Gasteiger partial charge >= 0.3 is 0 Å². The molecule has 1 fully saturated rings. The number of carbonyl (C=O) groups is 1. The van der Waals surface area contributed by atoms with Gasteiger partial charge in [-0.15, -0.1) is 5.53 Å². The number of carbonyl (C=O) groups excluding carboxylic acids is 1. The summed E-state index contributed by atoms with van der Waals surface area (Å²) in [6.07, 6.45) is 4.71. The normalized spacial score (nSPS) is 21.0. The van der Waals surface area contributed by atoms with Gasteiger partial charge in [-0.05, 0) is 50.5 Å². The van der Waals surface area contributed by atoms with Gasteiger partial charge in [0.15, 0.2) is 5.58 Å². The van der Waals surface area contributed by atoms with Crippen LogP contribution < -0.4 is 16.3 Å². The van der Waals surface area contributed by atoms with Gasteiger partial charge in [0.2, 0.25) is 11.8 Å². The van der Waals surface area contributed by atoms with E-state index >= 15 is 0 Å². The van der Waals surface area contributed by atoms with Crippen molar-refractivity contribution >= 4 is 22.7 Å². The molecule has 5 rings (SSSR count). The average Bonchev–Trinajstić information content (AvgIpc) is 3.52. The number of amides is 1. The van der Waals surface area contributed by atoms with Crippen LogP contribution in [0.1, 0.15) is 31.7 Å².